The van der Waals surface area contributed by atoms with Gasteiger partial charge in [-0.3, -0.25) is 0 Å². The van der Waals surface area contributed by atoms with Crippen molar-refractivity contribution in [2.75, 3.05) is 5.73 Å². The average Bonchev–Trinajstić information content (AvgIpc) is 2.56. The summed E-state index contributed by atoms with van der Waals surface area (Å²) < 4.78 is 13.9. The summed E-state index contributed by atoms with van der Waals surface area (Å²) >= 11 is 0. The van der Waals surface area contributed by atoms with E-state index in [4.69, 9.17) is 5.73 Å². The van der Waals surface area contributed by atoms with Gasteiger partial charge in [0, 0.05) is 22.4 Å². The molecule has 3 aromatic carbocycles. The molecule has 0 amide bonds. The zero-order valence-electron chi connectivity index (χ0n) is 11.4. The molecule has 0 heterocycles. The van der Waals surface area contributed by atoms with Crippen LogP contribution in [-0.4, -0.2) is 0 Å². The molecule has 102 valence electrons. The molecule has 0 atom stereocenters. The lowest BCUT2D eigenvalue weighted by Gasteiger charge is -2.18. The summed E-state index contributed by atoms with van der Waals surface area (Å²) in [6.07, 6.45) is 0. The van der Waals surface area contributed by atoms with Gasteiger partial charge in [-0.1, -0.05) is 72.8 Å². The second-order valence-corrected chi connectivity index (χ2v) is 7.46. The van der Waals surface area contributed by atoms with Gasteiger partial charge < -0.3 is 10.3 Å². The lowest BCUT2D eigenvalue weighted by molar-refractivity contribution is 0.592. The molecule has 0 aromatic heterocycles. The summed E-state index contributed by atoms with van der Waals surface area (Å²) in [6, 6.07) is 28.1. The van der Waals surface area contributed by atoms with E-state index in [9.17, 15) is 4.57 Å². The fraction of sp³-hybridized carbons (Fsp3) is 0. The fourth-order valence-corrected chi connectivity index (χ4v) is 4.89. The predicted octanol–water partition coefficient (Wildman–Crippen LogP) is 2.51. The van der Waals surface area contributed by atoms with Crippen molar-refractivity contribution in [2.24, 2.45) is 0 Å². The molecule has 2 nitrogen and oxygen atoms in total. The average molecular weight is 291 g/mol. The summed E-state index contributed by atoms with van der Waals surface area (Å²) in [5.41, 5.74) is 6.38. The minimum Gasteiger partial charge on any atom is -0.398 e. The van der Waals surface area contributed by atoms with Crippen LogP contribution in [0.15, 0.2) is 72.8 Å². The van der Waals surface area contributed by atoms with E-state index in [1.54, 1.807) is 12.1 Å². The van der Waals surface area contributed by atoms with Crippen molar-refractivity contribution in [1.82, 2.24) is 0 Å². The molecule has 3 heteroatoms. The predicted molar refractivity (Wildman–Crippen MR) is 87.9 cm³/mol. The Labute approximate surface area is 124 Å². The van der Waals surface area contributed by atoms with Gasteiger partial charge in [-0.05, 0) is 6.07 Å². The first-order valence-electron chi connectivity index (χ1n) is 6.62. The number of hydrogen-bond acceptors (Lipinski definition) is 2. The standard InChI is InChI=1S/C18H14NOP/c19-15-8-7-13-18(14-15)21(20,16-9-3-1-4-10-16)17-11-5-2-6-12-17/h1-6,8-12,14H,19H2. The molecule has 0 saturated carbocycles. The van der Waals surface area contributed by atoms with E-state index in [0.717, 1.165) is 10.6 Å². The van der Waals surface area contributed by atoms with E-state index < -0.39 is 7.14 Å². The molecule has 0 aliphatic heterocycles. The first kappa shape index (κ1) is 13.5. The maximum absolute atomic E-state index is 13.9. The Balaban J connectivity index is 2.29. The van der Waals surface area contributed by atoms with Crippen molar-refractivity contribution >= 4 is 28.7 Å². The molecular formula is C18H14NOP. The van der Waals surface area contributed by atoms with Crippen molar-refractivity contribution in [3.8, 4) is 0 Å². The molecule has 0 spiro atoms. The monoisotopic (exact) mass is 291 g/mol. The largest absolute Gasteiger partial charge is 0.398 e. The molecule has 3 aromatic rings. The fourth-order valence-electron chi connectivity index (χ4n) is 2.30. The summed E-state index contributed by atoms with van der Waals surface area (Å²) in [7, 11) is -2.97. The molecule has 0 aliphatic carbocycles. The van der Waals surface area contributed by atoms with Gasteiger partial charge >= 0.3 is 0 Å². The Morgan fingerprint density at radius 1 is 0.857 bits per heavy atom. The number of benzene rings is 2. The second-order valence-electron chi connectivity index (χ2n) is 4.72. The van der Waals surface area contributed by atoms with Crippen molar-refractivity contribution in [2.45, 2.75) is 0 Å². The topological polar surface area (TPSA) is 43.1 Å². The van der Waals surface area contributed by atoms with Crippen LogP contribution in [-0.2, 0) is 4.57 Å². The zero-order chi connectivity index (χ0) is 14.7. The van der Waals surface area contributed by atoms with Crippen LogP contribution < -0.4 is 21.6 Å². The van der Waals surface area contributed by atoms with Gasteiger partial charge in [0.25, 0.3) is 0 Å². The first-order chi connectivity index (χ1) is 10.2. The molecule has 3 rings (SSSR count). The van der Waals surface area contributed by atoms with Crippen molar-refractivity contribution < 1.29 is 4.57 Å². The zero-order valence-corrected chi connectivity index (χ0v) is 12.3. The van der Waals surface area contributed by atoms with E-state index in [1.165, 1.54) is 0 Å². The molecule has 21 heavy (non-hydrogen) atoms. The summed E-state index contributed by atoms with van der Waals surface area (Å²) in [5, 5.41) is 2.12. The lowest BCUT2D eigenvalue weighted by atomic mass is 10.4. The van der Waals surface area contributed by atoms with Crippen LogP contribution in [0.5, 0.6) is 0 Å². The van der Waals surface area contributed by atoms with Gasteiger partial charge in [0.05, 0.1) is 5.30 Å². The molecule has 0 aliphatic rings. The highest BCUT2D eigenvalue weighted by Gasteiger charge is 2.29. The minimum absolute atomic E-state index is 0.538. The van der Waals surface area contributed by atoms with Crippen LogP contribution in [0.2, 0.25) is 0 Å². The van der Waals surface area contributed by atoms with Crippen molar-refractivity contribution in [3.05, 3.63) is 84.9 Å². The van der Waals surface area contributed by atoms with Gasteiger partial charge in [0.2, 0.25) is 0 Å². The smallest absolute Gasteiger partial charge is 0.179 e. The molecular weight excluding hydrogens is 277 g/mol. The Kier molecular flexibility index (Phi) is 3.52. The first-order valence-corrected chi connectivity index (χ1v) is 8.32. The second kappa shape index (κ2) is 5.48. The molecule has 0 fully saturated rings. The van der Waals surface area contributed by atoms with Crippen LogP contribution in [0.25, 0.3) is 0 Å². The third-order valence-electron chi connectivity index (χ3n) is 3.32. The Morgan fingerprint density at radius 2 is 1.38 bits per heavy atom. The normalized spacial score (nSPS) is 10.9. The minimum atomic E-state index is -2.97. The van der Waals surface area contributed by atoms with E-state index in [2.05, 4.69) is 12.1 Å². The van der Waals surface area contributed by atoms with E-state index in [1.807, 2.05) is 60.7 Å². The van der Waals surface area contributed by atoms with E-state index in [0.29, 0.717) is 11.0 Å². The number of rotatable bonds is 3. The maximum atomic E-state index is 13.9. The van der Waals surface area contributed by atoms with Crippen LogP contribution in [0.4, 0.5) is 5.69 Å². The molecule has 0 radical (unpaired) electrons. The number of nitrogens with two attached hydrogens (primary N) is 1. The highest BCUT2D eigenvalue weighted by atomic mass is 31.2. The SMILES string of the molecule is Nc1cc#cc(P(=O)(c2ccccc2)c2ccccc2)c1. The molecule has 2 N–H and O–H groups in total. The van der Waals surface area contributed by atoms with Crippen LogP contribution >= 0.6 is 7.14 Å². The molecule has 0 bridgehead atoms. The van der Waals surface area contributed by atoms with Crippen LogP contribution in [0.1, 0.15) is 0 Å². The number of anilines is 1. The van der Waals surface area contributed by atoms with E-state index >= 15 is 0 Å². The van der Waals surface area contributed by atoms with Gasteiger partial charge in [0.1, 0.15) is 0 Å². The molecule has 0 saturated heterocycles. The van der Waals surface area contributed by atoms with Gasteiger partial charge in [0.15, 0.2) is 7.14 Å². The highest BCUT2D eigenvalue weighted by molar-refractivity contribution is 7.85. The summed E-state index contributed by atoms with van der Waals surface area (Å²) in [4.78, 5) is 0. The third kappa shape index (κ3) is 2.44. The number of nitrogen functional groups attached to an aromatic ring is 1. The molecule has 0 unspecified atom stereocenters. The van der Waals surface area contributed by atoms with Crippen molar-refractivity contribution in [3.63, 3.8) is 0 Å². The van der Waals surface area contributed by atoms with Gasteiger partial charge in [-0.2, -0.15) is 0 Å². The Bertz CT molecular complexity index is 741. The third-order valence-corrected chi connectivity index (χ3v) is 6.29. The summed E-state index contributed by atoms with van der Waals surface area (Å²) in [6.45, 7) is 0. The quantitative estimate of drug-likeness (QED) is 0.753. The van der Waals surface area contributed by atoms with Crippen LogP contribution in [0, 0.1) is 12.1 Å². The van der Waals surface area contributed by atoms with Crippen LogP contribution in [0.3, 0.4) is 0 Å². The number of hydrogen-bond donors (Lipinski definition) is 1. The Hall–Kier alpha value is -2.49. The van der Waals surface area contributed by atoms with Crippen molar-refractivity contribution in [1.29, 1.82) is 0 Å². The van der Waals surface area contributed by atoms with E-state index in [-0.39, 0.29) is 0 Å². The maximum Gasteiger partial charge on any atom is 0.179 e. The van der Waals surface area contributed by atoms with Gasteiger partial charge in [-0.15, -0.1) is 0 Å². The Morgan fingerprint density at radius 3 is 1.86 bits per heavy atom. The summed E-state index contributed by atoms with van der Waals surface area (Å²) in [5.74, 6) is 0. The lowest BCUT2D eigenvalue weighted by Crippen LogP contribution is -2.24. The highest BCUT2D eigenvalue weighted by Crippen LogP contribution is 2.41. The van der Waals surface area contributed by atoms with Gasteiger partial charge in [-0.25, -0.2) is 0 Å².